The molecule has 3 aromatic rings. The quantitative estimate of drug-likeness (QED) is 0.682. The first-order chi connectivity index (χ1) is 14.0. The molecule has 0 bridgehead atoms. The Balaban J connectivity index is 1.76. The van der Waals surface area contributed by atoms with E-state index < -0.39 is 0 Å². The van der Waals surface area contributed by atoms with Crippen molar-refractivity contribution in [3.8, 4) is 22.8 Å². The molecule has 0 spiro atoms. The summed E-state index contributed by atoms with van der Waals surface area (Å²) in [4.78, 5) is 19.5. The zero-order chi connectivity index (χ0) is 20.4. The number of carbonyl (C=O) groups excluding carboxylic acids is 1. The zero-order valence-electron chi connectivity index (χ0n) is 16.8. The molecule has 0 N–H and O–H groups in total. The molecule has 0 radical (unpaired) electrons. The van der Waals surface area contributed by atoms with Crippen molar-refractivity contribution in [3.63, 3.8) is 0 Å². The number of rotatable bonds is 4. The number of aromatic nitrogens is 3. The topological polar surface area (TPSA) is 69.5 Å². The maximum atomic E-state index is 13.1. The van der Waals surface area contributed by atoms with Crippen molar-refractivity contribution < 1.29 is 14.3 Å². The van der Waals surface area contributed by atoms with E-state index in [2.05, 4.69) is 10.1 Å². The molecule has 150 valence electrons. The summed E-state index contributed by atoms with van der Waals surface area (Å²) in [7, 11) is 1.62. The third kappa shape index (κ3) is 4.00. The highest BCUT2D eigenvalue weighted by Crippen LogP contribution is 2.25. The van der Waals surface area contributed by atoms with Crippen LogP contribution in [0.5, 0.6) is 5.75 Å². The molecule has 1 aliphatic rings. The Hall–Kier alpha value is -3.19. The first-order valence-corrected chi connectivity index (χ1v) is 9.67. The molecule has 7 heteroatoms. The van der Waals surface area contributed by atoms with Gasteiger partial charge in [-0.15, -0.1) is 5.10 Å². The maximum absolute atomic E-state index is 13.1. The number of hydrogen-bond acceptors (Lipinski definition) is 5. The number of morpholine rings is 1. The van der Waals surface area contributed by atoms with Gasteiger partial charge in [-0.3, -0.25) is 4.79 Å². The summed E-state index contributed by atoms with van der Waals surface area (Å²) in [6.45, 7) is 4.98. The summed E-state index contributed by atoms with van der Waals surface area (Å²) in [5.74, 6) is 1.29. The van der Waals surface area contributed by atoms with E-state index in [0.717, 1.165) is 11.3 Å². The van der Waals surface area contributed by atoms with Gasteiger partial charge in [0.2, 0.25) is 5.82 Å². The Kier molecular flexibility index (Phi) is 5.31. The standard InChI is InChI=1S/C22H24N4O3/c1-15-13-25(14-16(2)29-15)22(27)20-23-21(17-8-7-11-19(12-17)28-3)26(24-20)18-9-5-4-6-10-18/h4-12,15-16H,13-14H2,1-3H3. The average Bonchev–Trinajstić information content (AvgIpc) is 3.18. The van der Waals surface area contributed by atoms with Crippen molar-refractivity contribution in [1.82, 2.24) is 19.7 Å². The number of nitrogens with zero attached hydrogens (tertiary/aromatic N) is 4. The van der Waals surface area contributed by atoms with Gasteiger partial charge in [0.05, 0.1) is 25.0 Å². The minimum absolute atomic E-state index is 0.0169. The van der Waals surface area contributed by atoms with Crippen LogP contribution in [0, 0.1) is 0 Å². The average molecular weight is 392 g/mol. The van der Waals surface area contributed by atoms with Crippen LogP contribution in [0.25, 0.3) is 17.1 Å². The highest BCUT2D eigenvalue weighted by molar-refractivity contribution is 5.91. The Morgan fingerprint density at radius 1 is 1.07 bits per heavy atom. The summed E-state index contributed by atoms with van der Waals surface area (Å²) >= 11 is 0. The van der Waals surface area contributed by atoms with E-state index in [1.165, 1.54) is 0 Å². The summed E-state index contributed by atoms with van der Waals surface area (Å²) in [5.41, 5.74) is 1.66. The molecule has 2 unspecified atom stereocenters. The SMILES string of the molecule is COc1cccc(-c2nc(C(=O)N3CC(C)OC(C)C3)nn2-c2ccccc2)c1. The lowest BCUT2D eigenvalue weighted by Crippen LogP contribution is -2.48. The summed E-state index contributed by atoms with van der Waals surface area (Å²) < 4.78 is 12.8. The predicted molar refractivity (Wildman–Crippen MR) is 109 cm³/mol. The molecule has 2 heterocycles. The lowest BCUT2D eigenvalue weighted by molar-refractivity contribution is -0.0588. The highest BCUT2D eigenvalue weighted by Gasteiger charge is 2.30. The first-order valence-electron chi connectivity index (χ1n) is 9.67. The first kappa shape index (κ1) is 19.1. The third-order valence-electron chi connectivity index (χ3n) is 4.83. The van der Waals surface area contributed by atoms with Gasteiger partial charge in [0, 0.05) is 18.7 Å². The van der Waals surface area contributed by atoms with Crippen molar-refractivity contribution in [3.05, 3.63) is 60.4 Å². The molecule has 1 fully saturated rings. The van der Waals surface area contributed by atoms with Crippen LogP contribution in [0.2, 0.25) is 0 Å². The van der Waals surface area contributed by atoms with Crippen molar-refractivity contribution in [2.75, 3.05) is 20.2 Å². The number of hydrogen-bond donors (Lipinski definition) is 0. The summed E-state index contributed by atoms with van der Waals surface area (Å²) in [5, 5.41) is 4.57. The predicted octanol–water partition coefficient (Wildman–Crippen LogP) is 3.19. The molecule has 1 amide bonds. The second kappa shape index (κ2) is 8.05. The molecule has 29 heavy (non-hydrogen) atoms. The van der Waals surface area contributed by atoms with Gasteiger partial charge in [-0.2, -0.15) is 0 Å². The molecule has 1 aliphatic heterocycles. The van der Waals surface area contributed by atoms with E-state index in [1.54, 1.807) is 16.7 Å². The van der Waals surface area contributed by atoms with Crippen molar-refractivity contribution in [2.24, 2.45) is 0 Å². The van der Waals surface area contributed by atoms with Crippen LogP contribution in [-0.4, -0.2) is 58.0 Å². The van der Waals surface area contributed by atoms with E-state index >= 15 is 0 Å². The lowest BCUT2D eigenvalue weighted by atomic mass is 10.2. The van der Waals surface area contributed by atoms with Crippen LogP contribution >= 0.6 is 0 Å². The van der Waals surface area contributed by atoms with Crippen LogP contribution in [0.4, 0.5) is 0 Å². The fourth-order valence-corrected chi connectivity index (χ4v) is 3.59. The molecular formula is C22H24N4O3. The number of ether oxygens (including phenoxy) is 2. The molecule has 2 atom stereocenters. The van der Waals surface area contributed by atoms with Gasteiger partial charge >= 0.3 is 0 Å². The molecule has 1 saturated heterocycles. The number of methoxy groups -OCH3 is 1. The Morgan fingerprint density at radius 3 is 2.48 bits per heavy atom. The summed E-state index contributed by atoms with van der Waals surface area (Å²) in [6.07, 6.45) is -0.0338. The molecule has 2 aromatic carbocycles. The van der Waals surface area contributed by atoms with E-state index in [1.807, 2.05) is 68.4 Å². The second-order valence-corrected chi connectivity index (χ2v) is 7.21. The number of benzene rings is 2. The molecule has 0 aliphatic carbocycles. The largest absolute Gasteiger partial charge is 0.497 e. The van der Waals surface area contributed by atoms with Gasteiger partial charge in [-0.25, -0.2) is 9.67 Å². The number of amides is 1. The van der Waals surface area contributed by atoms with Crippen LogP contribution < -0.4 is 4.74 Å². The molecule has 7 nitrogen and oxygen atoms in total. The van der Waals surface area contributed by atoms with Gasteiger partial charge < -0.3 is 14.4 Å². The van der Waals surface area contributed by atoms with E-state index in [4.69, 9.17) is 9.47 Å². The van der Waals surface area contributed by atoms with E-state index in [0.29, 0.717) is 24.7 Å². The second-order valence-electron chi connectivity index (χ2n) is 7.21. The molecule has 4 rings (SSSR count). The van der Waals surface area contributed by atoms with Crippen LogP contribution in [-0.2, 0) is 4.74 Å². The monoisotopic (exact) mass is 392 g/mol. The number of carbonyl (C=O) groups is 1. The Morgan fingerprint density at radius 2 is 1.79 bits per heavy atom. The minimum atomic E-state index is -0.189. The van der Waals surface area contributed by atoms with Crippen LogP contribution in [0.15, 0.2) is 54.6 Å². The Bertz CT molecular complexity index is 992. The van der Waals surface area contributed by atoms with Gasteiger partial charge in [-0.05, 0) is 38.1 Å². The van der Waals surface area contributed by atoms with Gasteiger partial charge in [0.25, 0.3) is 5.91 Å². The maximum Gasteiger partial charge on any atom is 0.293 e. The smallest absolute Gasteiger partial charge is 0.293 e. The third-order valence-corrected chi connectivity index (χ3v) is 4.83. The summed E-state index contributed by atoms with van der Waals surface area (Å²) in [6, 6.07) is 17.2. The van der Waals surface area contributed by atoms with Gasteiger partial charge in [0.1, 0.15) is 5.75 Å². The van der Waals surface area contributed by atoms with E-state index in [9.17, 15) is 4.79 Å². The van der Waals surface area contributed by atoms with Gasteiger partial charge in [0.15, 0.2) is 5.82 Å². The highest BCUT2D eigenvalue weighted by atomic mass is 16.5. The molecular weight excluding hydrogens is 368 g/mol. The lowest BCUT2D eigenvalue weighted by Gasteiger charge is -2.34. The number of para-hydroxylation sites is 1. The normalized spacial score (nSPS) is 19.2. The molecule has 0 saturated carbocycles. The fraction of sp³-hybridized carbons (Fsp3) is 0.318. The zero-order valence-corrected chi connectivity index (χ0v) is 16.8. The molecule has 1 aromatic heterocycles. The van der Waals surface area contributed by atoms with Crippen LogP contribution in [0.1, 0.15) is 24.5 Å². The van der Waals surface area contributed by atoms with Gasteiger partial charge in [-0.1, -0.05) is 30.3 Å². The van der Waals surface area contributed by atoms with Crippen molar-refractivity contribution in [1.29, 1.82) is 0 Å². The van der Waals surface area contributed by atoms with Crippen LogP contribution in [0.3, 0.4) is 0 Å². The fourth-order valence-electron chi connectivity index (χ4n) is 3.59. The van der Waals surface area contributed by atoms with E-state index in [-0.39, 0.29) is 23.9 Å². The van der Waals surface area contributed by atoms with Crippen molar-refractivity contribution in [2.45, 2.75) is 26.1 Å². The Labute approximate surface area is 169 Å². The minimum Gasteiger partial charge on any atom is -0.497 e. The van der Waals surface area contributed by atoms with Crippen molar-refractivity contribution >= 4 is 5.91 Å².